The van der Waals surface area contributed by atoms with Gasteiger partial charge in [-0.25, -0.2) is 0 Å². The third-order valence-corrected chi connectivity index (χ3v) is 6.89. The van der Waals surface area contributed by atoms with E-state index in [0.717, 1.165) is 22.4 Å². The predicted octanol–water partition coefficient (Wildman–Crippen LogP) is 4.26. The van der Waals surface area contributed by atoms with Crippen molar-refractivity contribution >= 4 is 52.1 Å². The second-order valence-corrected chi connectivity index (χ2v) is 9.17. The predicted molar refractivity (Wildman–Crippen MR) is 134 cm³/mol. The third kappa shape index (κ3) is 3.88. The van der Waals surface area contributed by atoms with Crippen LogP contribution in [0.4, 0.5) is 11.4 Å². The van der Waals surface area contributed by atoms with Crippen molar-refractivity contribution in [2.75, 3.05) is 23.6 Å². The summed E-state index contributed by atoms with van der Waals surface area (Å²) in [5, 5.41) is 11.2. The fourth-order valence-electron chi connectivity index (χ4n) is 4.48. The maximum atomic E-state index is 13.5. The molecule has 5 rings (SSSR count). The number of nitrogens with zero attached hydrogens (tertiary/aromatic N) is 3. The Morgan fingerprint density at radius 2 is 1.82 bits per heavy atom. The number of benzodiazepines with no additional fused rings is 1. The second-order valence-electron chi connectivity index (χ2n) is 8.33. The van der Waals surface area contributed by atoms with E-state index in [1.807, 2.05) is 36.4 Å². The highest BCUT2D eigenvalue weighted by molar-refractivity contribution is 6.32. The Morgan fingerprint density at radius 1 is 1.03 bits per heavy atom. The van der Waals surface area contributed by atoms with E-state index in [1.54, 1.807) is 36.2 Å². The van der Waals surface area contributed by atoms with E-state index in [1.165, 1.54) is 4.90 Å². The summed E-state index contributed by atoms with van der Waals surface area (Å²) in [6.45, 7) is -0.503. The van der Waals surface area contributed by atoms with Crippen molar-refractivity contribution in [2.45, 2.75) is 18.9 Å². The highest BCUT2D eigenvalue weighted by atomic mass is 35.5. The molecule has 0 aliphatic carbocycles. The van der Waals surface area contributed by atoms with Gasteiger partial charge in [-0.3, -0.25) is 19.5 Å². The van der Waals surface area contributed by atoms with E-state index in [2.05, 4.69) is 0 Å². The number of amides is 2. The first-order chi connectivity index (χ1) is 16.4. The molecule has 3 aromatic rings. The zero-order valence-electron chi connectivity index (χ0n) is 18.3. The Kier molecular flexibility index (Phi) is 5.90. The third-order valence-electron chi connectivity index (χ3n) is 6.29. The number of aliphatic imine (C=N–C) groups is 1. The van der Waals surface area contributed by atoms with Crippen molar-refractivity contribution in [3.63, 3.8) is 0 Å². The number of halogens is 2. The van der Waals surface area contributed by atoms with Crippen LogP contribution in [0.5, 0.6) is 0 Å². The summed E-state index contributed by atoms with van der Waals surface area (Å²) in [6, 6.07) is 17.4. The Labute approximate surface area is 207 Å². The van der Waals surface area contributed by atoms with Crippen molar-refractivity contribution in [3.05, 3.63) is 93.0 Å². The summed E-state index contributed by atoms with van der Waals surface area (Å²) in [5.74, 6) is -0.314. The van der Waals surface area contributed by atoms with Crippen LogP contribution in [-0.2, 0) is 22.4 Å². The Balaban J connectivity index is 1.69. The van der Waals surface area contributed by atoms with Crippen LogP contribution in [0.1, 0.15) is 22.3 Å². The van der Waals surface area contributed by atoms with Gasteiger partial charge in [-0.05, 0) is 41.5 Å². The maximum Gasteiger partial charge on any atom is 0.254 e. The van der Waals surface area contributed by atoms with Crippen molar-refractivity contribution in [1.29, 1.82) is 0 Å². The summed E-state index contributed by atoms with van der Waals surface area (Å²) in [4.78, 5) is 33.6. The number of likely N-dealkylation sites (N-methyl/N-ethyl adjacent to an activating group) is 1. The van der Waals surface area contributed by atoms with Gasteiger partial charge in [-0.15, -0.1) is 0 Å². The average Bonchev–Trinajstić information content (AvgIpc) is 3.05. The Morgan fingerprint density at radius 3 is 2.59 bits per heavy atom. The molecule has 1 atom stereocenters. The van der Waals surface area contributed by atoms with Gasteiger partial charge >= 0.3 is 0 Å². The summed E-state index contributed by atoms with van der Waals surface area (Å²) < 4.78 is 0. The lowest BCUT2D eigenvalue weighted by Gasteiger charge is -2.23. The first-order valence-electron chi connectivity index (χ1n) is 10.8. The maximum absolute atomic E-state index is 13.5. The molecule has 2 aliphatic heterocycles. The molecule has 3 aromatic carbocycles. The van der Waals surface area contributed by atoms with Crippen LogP contribution in [0.15, 0.2) is 65.7 Å². The quantitative estimate of drug-likeness (QED) is 0.590. The number of carbonyl (C=O) groups excluding carboxylic acids is 2. The first-order valence-corrected chi connectivity index (χ1v) is 11.6. The van der Waals surface area contributed by atoms with E-state index >= 15 is 0 Å². The summed E-state index contributed by atoms with van der Waals surface area (Å²) >= 11 is 12.7. The first kappa shape index (κ1) is 22.6. The molecule has 0 bridgehead atoms. The lowest BCUT2D eigenvalue weighted by atomic mass is 9.98. The average molecular weight is 494 g/mol. The minimum absolute atomic E-state index is 0.0247. The van der Waals surface area contributed by atoms with E-state index in [-0.39, 0.29) is 18.2 Å². The number of rotatable bonds is 4. The zero-order valence-corrected chi connectivity index (χ0v) is 19.8. The molecule has 172 valence electrons. The molecule has 34 heavy (non-hydrogen) atoms. The van der Waals surface area contributed by atoms with Crippen molar-refractivity contribution in [3.8, 4) is 0 Å². The van der Waals surface area contributed by atoms with Crippen molar-refractivity contribution in [1.82, 2.24) is 0 Å². The summed E-state index contributed by atoms with van der Waals surface area (Å²) in [6.07, 6.45) is 0.621. The topological polar surface area (TPSA) is 73.2 Å². The molecular weight excluding hydrogens is 473 g/mol. The van der Waals surface area contributed by atoms with Gasteiger partial charge in [0.25, 0.3) is 5.91 Å². The molecular formula is C26H21Cl2N3O3. The molecule has 2 aliphatic rings. The van der Waals surface area contributed by atoms with Gasteiger partial charge in [-0.2, -0.15) is 0 Å². The van der Waals surface area contributed by atoms with Crippen molar-refractivity contribution in [2.24, 2.45) is 4.99 Å². The van der Waals surface area contributed by atoms with Gasteiger partial charge in [0.1, 0.15) is 12.8 Å². The SMILES string of the molecule is CN1C(=O)Cc2ccc(C3=NC(Cc4ccccc4Cl)C(=O)N(CO)c4ccc(Cl)cc43)cc21. The minimum Gasteiger partial charge on any atom is -0.376 e. The highest BCUT2D eigenvalue weighted by Gasteiger charge is 2.33. The molecule has 8 heteroatoms. The fraction of sp³-hybridized carbons (Fsp3) is 0.192. The van der Waals surface area contributed by atoms with Gasteiger partial charge < -0.3 is 10.0 Å². The molecule has 2 amide bonds. The largest absolute Gasteiger partial charge is 0.376 e. The second kappa shape index (κ2) is 8.87. The monoisotopic (exact) mass is 493 g/mol. The molecule has 0 spiro atoms. The number of aliphatic hydroxyl groups excluding tert-OH is 1. The van der Waals surface area contributed by atoms with Gasteiger partial charge in [0, 0.05) is 40.3 Å². The fourth-order valence-corrected chi connectivity index (χ4v) is 4.87. The molecule has 1 N–H and O–H groups in total. The number of hydrogen-bond donors (Lipinski definition) is 1. The van der Waals surface area contributed by atoms with E-state index in [9.17, 15) is 14.7 Å². The van der Waals surface area contributed by atoms with Gasteiger partial charge in [0.05, 0.1) is 17.8 Å². The number of aliphatic hydroxyl groups is 1. The van der Waals surface area contributed by atoms with Gasteiger partial charge in [0.15, 0.2) is 0 Å². The summed E-state index contributed by atoms with van der Waals surface area (Å²) in [7, 11) is 1.74. The van der Waals surface area contributed by atoms with Crippen LogP contribution >= 0.6 is 23.2 Å². The van der Waals surface area contributed by atoms with E-state index in [4.69, 9.17) is 28.2 Å². The van der Waals surface area contributed by atoms with Crippen LogP contribution in [0.3, 0.4) is 0 Å². The van der Waals surface area contributed by atoms with Gasteiger partial charge in [0.2, 0.25) is 5.91 Å². The normalized spacial score (nSPS) is 17.4. The number of benzene rings is 3. The molecule has 2 heterocycles. The molecule has 6 nitrogen and oxygen atoms in total. The lowest BCUT2D eigenvalue weighted by molar-refractivity contribution is -0.120. The number of anilines is 2. The molecule has 1 unspecified atom stereocenters. The number of hydrogen-bond acceptors (Lipinski definition) is 4. The number of carbonyl (C=O) groups is 2. The zero-order chi connectivity index (χ0) is 24.0. The molecule has 0 saturated carbocycles. The van der Waals surface area contributed by atoms with Crippen LogP contribution in [0.25, 0.3) is 0 Å². The smallest absolute Gasteiger partial charge is 0.254 e. The molecule has 0 saturated heterocycles. The van der Waals surface area contributed by atoms with Crippen molar-refractivity contribution < 1.29 is 14.7 Å². The lowest BCUT2D eigenvalue weighted by Crippen LogP contribution is -2.39. The van der Waals surface area contributed by atoms with Crippen LogP contribution in [-0.4, -0.2) is 42.5 Å². The molecule has 0 fully saturated rings. The molecule has 0 aromatic heterocycles. The Bertz CT molecular complexity index is 1350. The van der Waals surface area contributed by atoms with E-state index < -0.39 is 12.8 Å². The standard InChI is InChI=1S/C26H21Cl2N3O3/c1-30-23-11-17(7-6-16(23)12-24(30)33)25-19-13-18(27)8-9-22(19)31(14-32)26(34)21(29-25)10-15-4-2-3-5-20(15)28/h2-9,11,13,21,32H,10,12,14H2,1H3. The Hall–Kier alpha value is -3.19. The van der Waals surface area contributed by atoms with Gasteiger partial charge in [-0.1, -0.05) is 53.5 Å². The van der Waals surface area contributed by atoms with Crippen LogP contribution < -0.4 is 9.80 Å². The number of fused-ring (bicyclic) bond motifs is 2. The molecule has 0 radical (unpaired) electrons. The van der Waals surface area contributed by atoms with E-state index in [0.29, 0.717) is 33.4 Å². The van der Waals surface area contributed by atoms with Crippen LogP contribution in [0, 0.1) is 0 Å². The van der Waals surface area contributed by atoms with Crippen LogP contribution in [0.2, 0.25) is 10.0 Å². The summed E-state index contributed by atoms with van der Waals surface area (Å²) in [5.41, 5.74) is 5.00. The highest BCUT2D eigenvalue weighted by Crippen LogP contribution is 2.35. The minimum atomic E-state index is -0.819.